The van der Waals surface area contributed by atoms with Gasteiger partial charge in [-0.25, -0.2) is 0 Å². The first-order valence-electron chi connectivity index (χ1n) is 6.71. The monoisotopic (exact) mass is 263 g/mol. The van der Waals surface area contributed by atoms with Crippen molar-refractivity contribution in [3.8, 4) is 0 Å². The van der Waals surface area contributed by atoms with Gasteiger partial charge in [0.1, 0.15) is 0 Å². The molecule has 2 rings (SSSR count). The van der Waals surface area contributed by atoms with E-state index in [1.165, 1.54) is 49.4 Å². The van der Waals surface area contributed by atoms with Crippen molar-refractivity contribution < 1.29 is 4.79 Å². The second kappa shape index (κ2) is 6.83. The Morgan fingerprint density at radius 1 is 1.22 bits per heavy atom. The molecule has 1 aromatic rings. The molecule has 1 aliphatic carbocycles. The quantitative estimate of drug-likeness (QED) is 0.810. The molecule has 98 valence electrons. The molecule has 0 aromatic heterocycles. The third kappa shape index (κ3) is 3.77. The van der Waals surface area contributed by atoms with Crippen LogP contribution in [0.15, 0.2) is 30.3 Å². The second-order valence-corrected chi connectivity index (χ2v) is 5.87. The molecule has 1 saturated carbocycles. The van der Waals surface area contributed by atoms with Gasteiger partial charge in [-0.1, -0.05) is 61.4 Å². The first-order chi connectivity index (χ1) is 8.77. The Labute approximate surface area is 114 Å². The molecular weight excluding hydrogens is 242 g/mol. The van der Waals surface area contributed by atoms with Gasteiger partial charge in [0, 0.05) is 18.8 Å². The van der Waals surface area contributed by atoms with Gasteiger partial charge in [0.2, 0.25) is 0 Å². The Kier molecular flexibility index (Phi) is 5.12. The van der Waals surface area contributed by atoms with Crippen LogP contribution >= 0.6 is 11.8 Å². The summed E-state index contributed by atoms with van der Waals surface area (Å²) < 4.78 is 0. The molecule has 0 heterocycles. The summed E-state index contributed by atoms with van der Waals surface area (Å²) in [6, 6.07) is 10.7. The molecule has 0 saturated heterocycles. The summed E-state index contributed by atoms with van der Waals surface area (Å²) in [4.78, 5) is 14.1. The van der Waals surface area contributed by atoms with Gasteiger partial charge in [-0.05, 0) is 18.4 Å². The van der Waals surface area contributed by atoms with E-state index in [0.29, 0.717) is 6.04 Å². The Balaban J connectivity index is 1.80. The fourth-order valence-electron chi connectivity index (χ4n) is 2.44. The fraction of sp³-hybridized carbons (Fsp3) is 0.533. The predicted molar refractivity (Wildman–Crippen MR) is 77.8 cm³/mol. The Morgan fingerprint density at radius 3 is 2.56 bits per heavy atom. The van der Waals surface area contributed by atoms with Gasteiger partial charge in [0.05, 0.1) is 0 Å². The first kappa shape index (κ1) is 13.5. The minimum absolute atomic E-state index is 0.214. The van der Waals surface area contributed by atoms with Crippen molar-refractivity contribution in [1.82, 2.24) is 4.90 Å². The average Bonchev–Trinajstić information content (AvgIpc) is 2.46. The van der Waals surface area contributed by atoms with Gasteiger partial charge in [-0.2, -0.15) is 0 Å². The third-order valence-electron chi connectivity index (χ3n) is 3.62. The van der Waals surface area contributed by atoms with Crippen molar-refractivity contribution in [2.75, 3.05) is 7.05 Å². The van der Waals surface area contributed by atoms with E-state index in [-0.39, 0.29) is 5.24 Å². The Morgan fingerprint density at radius 2 is 1.89 bits per heavy atom. The van der Waals surface area contributed by atoms with Crippen LogP contribution in [0.1, 0.15) is 37.7 Å². The van der Waals surface area contributed by atoms with Crippen molar-refractivity contribution in [2.24, 2.45) is 0 Å². The molecular formula is C15H21NOS. The third-order valence-corrected chi connectivity index (χ3v) is 4.63. The lowest BCUT2D eigenvalue weighted by Gasteiger charge is -2.30. The van der Waals surface area contributed by atoms with Crippen molar-refractivity contribution in [2.45, 2.75) is 43.9 Å². The first-order valence-corrected chi connectivity index (χ1v) is 7.69. The lowest BCUT2D eigenvalue weighted by atomic mass is 9.95. The number of thioether (sulfide) groups is 1. The van der Waals surface area contributed by atoms with Crippen LogP contribution in [0.5, 0.6) is 0 Å². The van der Waals surface area contributed by atoms with E-state index in [1.807, 2.05) is 30.1 Å². The SMILES string of the molecule is CN(C(=O)SCc1ccccc1)C1CCCCC1. The van der Waals surface area contributed by atoms with Crippen LogP contribution in [0.3, 0.4) is 0 Å². The summed E-state index contributed by atoms with van der Waals surface area (Å²) >= 11 is 1.42. The highest BCUT2D eigenvalue weighted by Crippen LogP contribution is 2.25. The molecule has 0 spiro atoms. The number of hydrogen-bond acceptors (Lipinski definition) is 2. The largest absolute Gasteiger partial charge is 0.334 e. The molecule has 0 unspecified atom stereocenters. The van der Waals surface area contributed by atoms with Crippen LogP contribution in [0, 0.1) is 0 Å². The van der Waals surface area contributed by atoms with E-state index in [4.69, 9.17) is 0 Å². The Bertz CT molecular complexity index is 373. The number of carbonyl (C=O) groups is 1. The summed E-state index contributed by atoms with van der Waals surface area (Å²) in [5.41, 5.74) is 1.22. The molecule has 18 heavy (non-hydrogen) atoms. The standard InChI is InChI=1S/C15H21NOS/c1-16(14-10-6-3-7-11-14)15(17)18-12-13-8-4-2-5-9-13/h2,4-5,8-9,14H,3,6-7,10-12H2,1H3. The molecule has 1 aliphatic rings. The molecule has 0 radical (unpaired) electrons. The van der Waals surface area contributed by atoms with Crippen molar-refractivity contribution in [1.29, 1.82) is 0 Å². The number of benzene rings is 1. The highest BCUT2D eigenvalue weighted by molar-refractivity contribution is 8.12. The average molecular weight is 263 g/mol. The van der Waals surface area contributed by atoms with Crippen molar-refractivity contribution >= 4 is 17.0 Å². The van der Waals surface area contributed by atoms with E-state index < -0.39 is 0 Å². The molecule has 0 aliphatic heterocycles. The highest BCUT2D eigenvalue weighted by atomic mass is 32.2. The number of carbonyl (C=O) groups excluding carboxylic acids is 1. The zero-order chi connectivity index (χ0) is 12.8. The van der Waals surface area contributed by atoms with Gasteiger partial charge in [-0.3, -0.25) is 4.79 Å². The van der Waals surface area contributed by atoms with Gasteiger partial charge in [0.25, 0.3) is 5.24 Å². The van der Waals surface area contributed by atoms with E-state index in [9.17, 15) is 4.79 Å². The van der Waals surface area contributed by atoms with Crippen LogP contribution < -0.4 is 0 Å². The molecule has 3 heteroatoms. The zero-order valence-corrected chi connectivity index (χ0v) is 11.8. The number of nitrogens with zero attached hydrogens (tertiary/aromatic N) is 1. The second-order valence-electron chi connectivity index (χ2n) is 4.94. The Hall–Kier alpha value is -0.960. The molecule has 1 aromatic carbocycles. The van der Waals surface area contributed by atoms with Crippen LogP contribution in [0.2, 0.25) is 0 Å². The summed E-state index contributed by atoms with van der Waals surface area (Å²) in [6.07, 6.45) is 6.22. The minimum atomic E-state index is 0.214. The molecule has 0 bridgehead atoms. The van der Waals surface area contributed by atoms with E-state index >= 15 is 0 Å². The lowest BCUT2D eigenvalue weighted by Crippen LogP contribution is -2.36. The number of hydrogen-bond donors (Lipinski definition) is 0. The molecule has 1 amide bonds. The maximum absolute atomic E-state index is 12.1. The normalized spacial score (nSPS) is 16.5. The smallest absolute Gasteiger partial charge is 0.281 e. The van der Waals surface area contributed by atoms with E-state index in [0.717, 1.165) is 5.75 Å². The zero-order valence-electron chi connectivity index (χ0n) is 11.0. The van der Waals surface area contributed by atoms with Gasteiger partial charge in [-0.15, -0.1) is 0 Å². The van der Waals surface area contributed by atoms with Crippen molar-refractivity contribution in [3.05, 3.63) is 35.9 Å². The van der Waals surface area contributed by atoms with Crippen LogP contribution in [-0.4, -0.2) is 23.2 Å². The summed E-state index contributed by atoms with van der Waals surface area (Å²) in [6.45, 7) is 0. The molecule has 0 N–H and O–H groups in total. The van der Waals surface area contributed by atoms with Gasteiger partial charge >= 0.3 is 0 Å². The highest BCUT2D eigenvalue weighted by Gasteiger charge is 2.22. The number of amides is 1. The van der Waals surface area contributed by atoms with Crippen LogP contribution in [0.4, 0.5) is 4.79 Å². The molecule has 2 nitrogen and oxygen atoms in total. The predicted octanol–water partition coefficient (Wildman–Crippen LogP) is 4.30. The lowest BCUT2D eigenvalue weighted by molar-refractivity contribution is 0.196. The van der Waals surface area contributed by atoms with Gasteiger partial charge in [0.15, 0.2) is 0 Å². The maximum atomic E-state index is 12.1. The summed E-state index contributed by atoms with van der Waals surface area (Å²) in [5, 5.41) is 0.214. The van der Waals surface area contributed by atoms with E-state index in [2.05, 4.69) is 12.1 Å². The fourth-order valence-corrected chi connectivity index (χ4v) is 3.27. The van der Waals surface area contributed by atoms with Crippen LogP contribution in [0.25, 0.3) is 0 Å². The summed E-state index contributed by atoms with van der Waals surface area (Å²) in [7, 11) is 1.95. The maximum Gasteiger partial charge on any atom is 0.281 e. The van der Waals surface area contributed by atoms with Gasteiger partial charge < -0.3 is 4.90 Å². The minimum Gasteiger partial charge on any atom is -0.334 e. The van der Waals surface area contributed by atoms with Crippen LogP contribution in [-0.2, 0) is 5.75 Å². The number of rotatable bonds is 3. The molecule has 0 atom stereocenters. The summed E-state index contributed by atoms with van der Waals surface area (Å²) in [5.74, 6) is 0.775. The van der Waals surface area contributed by atoms with E-state index in [1.54, 1.807) is 0 Å². The van der Waals surface area contributed by atoms with Crippen molar-refractivity contribution in [3.63, 3.8) is 0 Å². The topological polar surface area (TPSA) is 20.3 Å². The molecule has 1 fully saturated rings.